The number of carboxylic acid groups (broad SMARTS) is 1. The van der Waals surface area contributed by atoms with E-state index in [9.17, 15) is 4.79 Å². The number of nitrogens with one attached hydrogen (secondary N) is 1. The van der Waals surface area contributed by atoms with E-state index >= 15 is 0 Å². The number of hydrogen-bond acceptors (Lipinski definition) is 5. The summed E-state index contributed by atoms with van der Waals surface area (Å²) in [5, 5.41) is 22.4. The van der Waals surface area contributed by atoms with Crippen molar-refractivity contribution < 1.29 is 9.90 Å². The molecule has 0 radical (unpaired) electrons. The highest BCUT2D eigenvalue weighted by Crippen LogP contribution is 2.25. The zero-order chi connectivity index (χ0) is 12.7. The van der Waals surface area contributed by atoms with Crippen molar-refractivity contribution in [2.75, 3.05) is 0 Å². The Morgan fingerprint density at radius 1 is 1.44 bits per heavy atom. The van der Waals surface area contributed by atoms with Gasteiger partial charge in [-0.1, -0.05) is 11.6 Å². The van der Waals surface area contributed by atoms with Crippen LogP contribution in [-0.4, -0.2) is 41.1 Å². The van der Waals surface area contributed by atoms with E-state index in [2.05, 4.69) is 25.6 Å². The third-order valence-corrected chi connectivity index (χ3v) is 2.77. The molecular formula is C9H5ClN6O2. The van der Waals surface area contributed by atoms with E-state index in [0.29, 0.717) is 17.0 Å². The minimum absolute atomic E-state index is 0.0789. The molecule has 0 amide bonds. The number of nitrogens with zero attached hydrogens (tertiary/aromatic N) is 5. The summed E-state index contributed by atoms with van der Waals surface area (Å²) in [4.78, 5) is 14.8. The largest absolute Gasteiger partial charge is 0.476 e. The Kier molecular flexibility index (Phi) is 2.23. The molecule has 0 aliphatic rings. The zero-order valence-electron chi connectivity index (χ0n) is 8.70. The summed E-state index contributed by atoms with van der Waals surface area (Å²) in [5.74, 6) is -0.717. The van der Waals surface area contributed by atoms with Crippen molar-refractivity contribution in [3.8, 4) is 11.4 Å². The van der Waals surface area contributed by atoms with Crippen LogP contribution >= 0.6 is 11.6 Å². The standard InChI is InChI=1S/C9H5ClN6O2/c10-7-4(8-12-14-15-13-8)1-2-6-11-5(9(17)18)3-16(6)7/h1-3H,(H,17,18)(H,12,13,14,15). The Balaban J connectivity index is 2.26. The molecule has 0 aliphatic carbocycles. The second kappa shape index (κ2) is 3.77. The zero-order valence-corrected chi connectivity index (χ0v) is 9.46. The molecule has 3 aromatic rings. The highest BCUT2D eigenvalue weighted by Gasteiger charge is 2.14. The molecule has 3 heterocycles. The normalized spacial score (nSPS) is 10.9. The Bertz CT molecular complexity index is 735. The van der Waals surface area contributed by atoms with Crippen LogP contribution in [0.5, 0.6) is 0 Å². The number of hydrogen-bond donors (Lipinski definition) is 2. The summed E-state index contributed by atoms with van der Waals surface area (Å²) >= 11 is 6.17. The number of carboxylic acids is 1. The van der Waals surface area contributed by atoms with Crippen LogP contribution in [-0.2, 0) is 0 Å². The fourth-order valence-corrected chi connectivity index (χ4v) is 1.87. The molecule has 3 aromatic heterocycles. The summed E-state index contributed by atoms with van der Waals surface area (Å²) in [6, 6.07) is 3.30. The summed E-state index contributed by atoms with van der Waals surface area (Å²) < 4.78 is 1.46. The van der Waals surface area contributed by atoms with Crippen LogP contribution in [0.2, 0.25) is 5.15 Å². The molecule has 0 unspecified atom stereocenters. The summed E-state index contributed by atoms with van der Waals surface area (Å²) in [7, 11) is 0. The van der Waals surface area contributed by atoms with E-state index in [0.717, 1.165) is 0 Å². The fourth-order valence-electron chi connectivity index (χ4n) is 1.58. The number of rotatable bonds is 2. The van der Waals surface area contributed by atoms with Crippen LogP contribution in [0.3, 0.4) is 0 Å². The minimum atomic E-state index is -1.11. The van der Waals surface area contributed by atoms with Crippen LogP contribution in [0, 0.1) is 0 Å². The van der Waals surface area contributed by atoms with Crippen LogP contribution < -0.4 is 0 Å². The molecule has 18 heavy (non-hydrogen) atoms. The SMILES string of the molecule is O=C(O)c1cn2c(Cl)c(-c3nnn[nH]3)ccc2n1. The lowest BCUT2D eigenvalue weighted by atomic mass is 10.3. The van der Waals surface area contributed by atoms with Crippen LogP contribution in [0.4, 0.5) is 0 Å². The smallest absolute Gasteiger partial charge is 0.356 e. The van der Waals surface area contributed by atoms with Crippen molar-refractivity contribution in [1.82, 2.24) is 30.0 Å². The number of halogens is 1. The van der Waals surface area contributed by atoms with E-state index in [1.807, 2.05) is 0 Å². The maximum Gasteiger partial charge on any atom is 0.356 e. The number of tetrazole rings is 1. The first-order valence-corrected chi connectivity index (χ1v) is 5.19. The highest BCUT2D eigenvalue weighted by atomic mass is 35.5. The summed E-state index contributed by atoms with van der Waals surface area (Å²) in [6.45, 7) is 0. The fraction of sp³-hybridized carbons (Fsp3) is 0. The molecule has 3 rings (SSSR count). The van der Waals surface area contributed by atoms with Crippen molar-refractivity contribution in [3.05, 3.63) is 29.2 Å². The number of aromatic nitrogens is 6. The van der Waals surface area contributed by atoms with Gasteiger partial charge in [0.2, 0.25) is 0 Å². The number of pyridine rings is 1. The van der Waals surface area contributed by atoms with E-state index in [1.54, 1.807) is 12.1 Å². The molecule has 0 saturated heterocycles. The molecule has 8 nitrogen and oxygen atoms in total. The molecule has 9 heteroatoms. The third-order valence-electron chi connectivity index (χ3n) is 2.39. The number of carbonyl (C=O) groups is 1. The van der Waals surface area contributed by atoms with Gasteiger partial charge in [0, 0.05) is 6.20 Å². The van der Waals surface area contributed by atoms with Crippen molar-refractivity contribution in [3.63, 3.8) is 0 Å². The van der Waals surface area contributed by atoms with Gasteiger partial charge in [-0.2, -0.15) is 0 Å². The van der Waals surface area contributed by atoms with Gasteiger partial charge in [0.15, 0.2) is 11.5 Å². The molecule has 0 aliphatic heterocycles. The van der Waals surface area contributed by atoms with Crippen LogP contribution in [0.1, 0.15) is 10.5 Å². The molecule has 0 saturated carbocycles. The Morgan fingerprint density at radius 3 is 2.94 bits per heavy atom. The van der Waals surface area contributed by atoms with Crippen molar-refractivity contribution in [1.29, 1.82) is 0 Å². The van der Waals surface area contributed by atoms with Crippen molar-refractivity contribution >= 4 is 23.2 Å². The van der Waals surface area contributed by atoms with Crippen molar-refractivity contribution in [2.24, 2.45) is 0 Å². The van der Waals surface area contributed by atoms with E-state index in [1.165, 1.54) is 10.6 Å². The van der Waals surface area contributed by atoms with Gasteiger partial charge in [-0.05, 0) is 22.6 Å². The summed E-state index contributed by atoms with van der Waals surface area (Å²) in [5.41, 5.74) is 0.918. The van der Waals surface area contributed by atoms with Crippen molar-refractivity contribution in [2.45, 2.75) is 0 Å². The molecule has 0 bridgehead atoms. The van der Waals surface area contributed by atoms with Gasteiger partial charge in [0.25, 0.3) is 0 Å². The predicted molar refractivity (Wildman–Crippen MR) is 60.3 cm³/mol. The molecule has 2 N–H and O–H groups in total. The van der Waals surface area contributed by atoms with Gasteiger partial charge >= 0.3 is 5.97 Å². The second-order valence-corrected chi connectivity index (χ2v) is 3.81. The van der Waals surface area contributed by atoms with Crippen LogP contribution in [0.15, 0.2) is 18.3 Å². The Hall–Kier alpha value is -2.48. The van der Waals surface area contributed by atoms with E-state index in [4.69, 9.17) is 16.7 Å². The summed E-state index contributed by atoms with van der Waals surface area (Å²) in [6.07, 6.45) is 1.34. The third kappa shape index (κ3) is 1.51. The molecular weight excluding hydrogens is 260 g/mol. The topological polar surface area (TPSA) is 109 Å². The highest BCUT2D eigenvalue weighted by molar-refractivity contribution is 6.32. The first-order chi connectivity index (χ1) is 8.66. The Morgan fingerprint density at radius 2 is 2.28 bits per heavy atom. The van der Waals surface area contributed by atoms with Gasteiger partial charge in [-0.15, -0.1) is 5.10 Å². The second-order valence-electron chi connectivity index (χ2n) is 3.45. The minimum Gasteiger partial charge on any atom is -0.476 e. The number of aromatic amines is 1. The van der Waals surface area contributed by atoms with Crippen LogP contribution in [0.25, 0.3) is 17.0 Å². The van der Waals surface area contributed by atoms with Gasteiger partial charge in [-0.25, -0.2) is 14.9 Å². The Labute approximate surface area is 104 Å². The van der Waals surface area contributed by atoms with Gasteiger partial charge in [-0.3, -0.25) is 4.40 Å². The maximum atomic E-state index is 10.8. The van der Waals surface area contributed by atoms with E-state index < -0.39 is 5.97 Å². The van der Waals surface area contributed by atoms with Gasteiger partial charge < -0.3 is 5.11 Å². The quantitative estimate of drug-likeness (QED) is 0.665. The molecule has 0 atom stereocenters. The lowest BCUT2D eigenvalue weighted by molar-refractivity contribution is 0.0691. The average molecular weight is 265 g/mol. The predicted octanol–water partition coefficient (Wildman–Crippen LogP) is 0.866. The number of fused-ring (bicyclic) bond motifs is 1. The van der Waals surface area contributed by atoms with Gasteiger partial charge in [0.1, 0.15) is 10.8 Å². The molecule has 0 fully saturated rings. The molecule has 0 spiro atoms. The van der Waals surface area contributed by atoms with E-state index in [-0.39, 0.29) is 10.8 Å². The molecule has 90 valence electrons. The lowest BCUT2D eigenvalue weighted by Crippen LogP contribution is -1.95. The monoisotopic (exact) mass is 264 g/mol. The first-order valence-electron chi connectivity index (χ1n) is 4.82. The molecule has 0 aromatic carbocycles. The number of H-pyrrole nitrogens is 1. The number of aromatic carboxylic acids is 1. The van der Waals surface area contributed by atoms with Gasteiger partial charge in [0.05, 0.1) is 5.56 Å². The average Bonchev–Trinajstić information content (AvgIpc) is 2.97. The first kappa shape index (κ1) is 10.7. The maximum absolute atomic E-state index is 10.8. The lowest BCUT2D eigenvalue weighted by Gasteiger charge is -2.02. The number of imidazole rings is 1.